The van der Waals surface area contributed by atoms with Gasteiger partial charge in [0.05, 0.1) is 22.6 Å². The Bertz CT molecular complexity index is 784. The van der Waals surface area contributed by atoms with Crippen molar-refractivity contribution in [2.24, 2.45) is 0 Å². The monoisotopic (exact) mass is 370 g/mol. The number of nitrogens with zero attached hydrogens (tertiary/aromatic N) is 3. The van der Waals surface area contributed by atoms with Gasteiger partial charge >= 0.3 is 0 Å². The average Bonchev–Trinajstić information content (AvgIpc) is 3.01. The number of anilines is 1. The third-order valence-corrected chi connectivity index (χ3v) is 3.71. The number of aryl methyl sites for hydroxylation is 1. The summed E-state index contributed by atoms with van der Waals surface area (Å²) in [5, 5.41) is 7.02. The highest BCUT2D eigenvalue weighted by atomic mass is 79.9. The number of pyridine rings is 1. The van der Waals surface area contributed by atoms with Crippen molar-refractivity contribution in [3.63, 3.8) is 0 Å². The lowest BCUT2D eigenvalue weighted by Gasteiger charge is -2.06. The van der Waals surface area contributed by atoms with E-state index in [-0.39, 0.29) is 5.91 Å². The van der Waals surface area contributed by atoms with Crippen molar-refractivity contribution >= 4 is 27.5 Å². The second-order valence-corrected chi connectivity index (χ2v) is 5.96. The first kappa shape index (κ1) is 15.4. The van der Waals surface area contributed by atoms with Gasteiger partial charge in [0.2, 0.25) is 5.91 Å². The van der Waals surface area contributed by atoms with Crippen LogP contribution in [0.25, 0.3) is 5.82 Å². The summed E-state index contributed by atoms with van der Waals surface area (Å²) in [6.07, 6.45) is 6.31. The molecule has 0 spiro atoms. The van der Waals surface area contributed by atoms with Crippen molar-refractivity contribution in [3.05, 3.63) is 71.1 Å². The number of hydrogen-bond acceptors (Lipinski definition) is 3. The SMILES string of the molecule is O=C(CCc1ccccc1)Nc1ccc(-n2cc(Br)cn2)nc1. The molecule has 0 radical (unpaired) electrons. The molecule has 0 unspecified atom stereocenters. The summed E-state index contributed by atoms with van der Waals surface area (Å²) in [5.41, 5.74) is 1.83. The molecule has 2 aromatic heterocycles. The van der Waals surface area contributed by atoms with Gasteiger partial charge in [0.1, 0.15) is 0 Å². The molecule has 0 aliphatic heterocycles. The first-order valence-electron chi connectivity index (χ1n) is 7.21. The Balaban J connectivity index is 1.56. The van der Waals surface area contributed by atoms with Crippen LogP contribution in [0, 0.1) is 0 Å². The molecule has 3 rings (SSSR count). The molecule has 2 heterocycles. The lowest BCUT2D eigenvalue weighted by atomic mass is 10.1. The summed E-state index contributed by atoms with van der Waals surface area (Å²) in [4.78, 5) is 16.3. The predicted octanol–water partition coefficient (Wildman–Crippen LogP) is 3.60. The smallest absolute Gasteiger partial charge is 0.224 e. The van der Waals surface area contributed by atoms with Crippen LogP contribution in [0.2, 0.25) is 0 Å². The van der Waals surface area contributed by atoms with Crippen LogP contribution in [-0.2, 0) is 11.2 Å². The van der Waals surface area contributed by atoms with Gasteiger partial charge in [-0.05, 0) is 40.0 Å². The number of benzene rings is 1. The predicted molar refractivity (Wildman–Crippen MR) is 92.5 cm³/mol. The minimum absolute atomic E-state index is 0.0229. The fourth-order valence-electron chi connectivity index (χ4n) is 2.15. The van der Waals surface area contributed by atoms with Crippen LogP contribution in [0.5, 0.6) is 0 Å². The van der Waals surface area contributed by atoms with Crippen molar-refractivity contribution in [1.82, 2.24) is 14.8 Å². The van der Waals surface area contributed by atoms with Crippen LogP contribution in [-0.4, -0.2) is 20.7 Å². The molecule has 23 heavy (non-hydrogen) atoms. The van der Waals surface area contributed by atoms with Gasteiger partial charge in [-0.2, -0.15) is 5.10 Å². The zero-order valence-corrected chi connectivity index (χ0v) is 13.9. The minimum Gasteiger partial charge on any atom is -0.325 e. The van der Waals surface area contributed by atoms with Gasteiger partial charge in [0.15, 0.2) is 5.82 Å². The fourth-order valence-corrected chi connectivity index (χ4v) is 2.43. The van der Waals surface area contributed by atoms with Crippen LogP contribution in [0.15, 0.2) is 65.5 Å². The molecular formula is C17H15BrN4O. The molecule has 0 fully saturated rings. The Morgan fingerprint density at radius 2 is 1.96 bits per heavy atom. The highest BCUT2D eigenvalue weighted by molar-refractivity contribution is 9.10. The first-order valence-corrected chi connectivity index (χ1v) is 8.00. The lowest BCUT2D eigenvalue weighted by molar-refractivity contribution is -0.116. The number of aromatic nitrogens is 3. The van der Waals surface area contributed by atoms with E-state index in [1.54, 1.807) is 17.1 Å². The zero-order chi connectivity index (χ0) is 16.1. The van der Waals surface area contributed by atoms with Gasteiger partial charge in [-0.3, -0.25) is 4.79 Å². The molecule has 0 saturated heterocycles. The van der Waals surface area contributed by atoms with Gasteiger partial charge in [-0.25, -0.2) is 9.67 Å². The molecule has 116 valence electrons. The molecule has 0 bridgehead atoms. The summed E-state index contributed by atoms with van der Waals surface area (Å²) in [5.74, 6) is 0.670. The fraction of sp³-hybridized carbons (Fsp3) is 0.118. The number of carbonyl (C=O) groups is 1. The molecule has 1 aromatic carbocycles. The topological polar surface area (TPSA) is 59.8 Å². The van der Waals surface area contributed by atoms with Gasteiger partial charge in [0.25, 0.3) is 0 Å². The Labute approximate surface area is 142 Å². The van der Waals surface area contributed by atoms with E-state index in [4.69, 9.17) is 0 Å². The number of amides is 1. The average molecular weight is 371 g/mol. The van der Waals surface area contributed by atoms with Crippen LogP contribution < -0.4 is 5.32 Å². The van der Waals surface area contributed by atoms with E-state index in [1.807, 2.05) is 48.7 Å². The van der Waals surface area contributed by atoms with Crippen LogP contribution >= 0.6 is 15.9 Å². The molecule has 0 aliphatic carbocycles. The third kappa shape index (κ3) is 4.26. The molecule has 6 heteroatoms. The third-order valence-electron chi connectivity index (χ3n) is 3.30. The van der Waals surface area contributed by atoms with Gasteiger partial charge in [-0.15, -0.1) is 0 Å². The molecular weight excluding hydrogens is 356 g/mol. The summed E-state index contributed by atoms with van der Waals surface area (Å²) in [6.45, 7) is 0. The molecule has 0 atom stereocenters. The molecule has 0 saturated carbocycles. The maximum absolute atomic E-state index is 12.0. The number of hydrogen-bond donors (Lipinski definition) is 1. The van der Waals surface area contributed by atoms with Crippen LogP contribution in [0.1, 0.15) is 12.0 Å². The normalized spacial score (nSPS) is 10.5. The Hall–Kier alpha value is -2.47. The van der Waals surface area contributed by atoms with Crippen molar-refractivity contribution in [3.8, 4) is 5.82 Å². The number of rotatable bonds is 5. The first-order chi connectivity index (χ1) is 11.2. The maximum Gasteiger partial charge on any atom is 0.224 e. The second kappa shape index (κ2) is 7.19. The number of nitrogens with one attached hydrogen (secondary N) is 1. The van der Waals surface area contributed by atoms with E-state index in [0.29, 0.717) is 17.9 Å². The van der Waals surface area contributed by atoms with Gasteiger partial charge in [-0.1, -0.05) is 30.3 Å². The molecule has 0 aliphatic rings. The largest absolute Gasteiger partial charge is 0.325 e. The van der Waals surface area contributed by atoms with Crippen molar-refractivity contribution in [2.75, 3.05) is 5.32 Å². The molecule has 5 nitrogen and oxygen atoms in total. The van der Waals surface area contributed by atoms with Crippen LogP contribution in [0.4, 0.5) is 5.69 Å². The summed E-state index contributed by atoms with van der Waals surface area (Å²) >= 11 is 3.34. The summed E-state index contributed by atoms with van der Waals surface area (Å²) < 4.78 is 2.54. The Morgan fingerprint density at radius 3 is 2.61 bits per heavy atom. The number of halogens is 1. The Kier molecular flexibility index (Phi) is 4.83. The summed E-state index contributed by atoms with van der Waals surface area (Å²) in [6, 6.07) is 13.6. The zero-order valence-electron chi connectivity index (χ0n) is 12.3. The van der Waals surface area contributed by atoms with E-state index in [0.717, 1.165) is 16.5 Å². The van der Waals surface area contributed by atoms with Crippen molar-refractivity contribution in [2.45, 2.75) is 12.8 Å². The lowest BCUT2D eigenvalue weighted by Crippen LogP contribution is -2.12. The maximum atomic E-state index is 12.0. The van der Waals surface area contributed by atoms with Crippen molar-refractivity contribution < 1.29 is 4.79 Å². The highest BCUT2D eigenvalue weighted by Gasteiger charge is 2.05. The highest BCUT2D eigenvalue weighted by Crippen LogP contribution is 2.13. The van der Waals surface area contributed by atoms with Gasteiger partial charge in [0, 0.05) is 12.6 Å². The Morgan fingerprint density at radius 1 is 1.13 bits per heavy atom. The molecule has 1 amide bonds. The molecule has 3 aromatic rings. The van der Waals surface area contributed by atoms with E-state index in [1.165, 1.54) is 0 Å². The van der Waals surface area contributed by atoms with E-state index in [2.05, 4.69) is 31.3 Å². The van der Waals surface area contributed by atoms with E-state index in [9.17, 15) is 4.79 Å². The van der Waals surface area contributed by atoms with Crippen molar-refractivity contribution in [1.29, 1.82) is 0 Å². The quantitative estimate of drug-likeness (QED) is 0.746. The number of carbonyl (C=O) groups excluding carboxylic acids is 1. The summed E-state index contributed by atoms with van der Waals surface area (Å²) in [7, 11) is 0. The standard InChI is InChI=1S/C17H15BrN4O/c18-14-10-20-22(12-14)16-8-7-15(11-19-16)21-17(23)9-6-13-4-2-1-3-5-13/h1-5,7-8,10-12H,6,9H2,(H,21,23). The minimum atomic E-state index is -0.0229. The van der Waals surface area contributed by atoms with Crippen LogP contribution in [0.3, 0.4) is 0 Å². The van der Waals surface area contributed by atoms with E-state index >= 15 is 0 Å². The van der Waals surface area contributed by atoms with Gasteiger partial charge < -0.3 is 5.32 Å². The second-order valence-electron chi connectivity index (χ2n) is 5.04. The molecule has 1 N–H and O–H groups in total. The van der Waals surface area contributed by atoms with E-state index < -0.39 is 0 Å².